The topological polar surface area (TPSA) is 84.3 Å². The molecule has 1 aromatic rings. The van der Waals surface area contributed by atoms with E-state index in [1.54, 1.807) is 12.1 Å². The highest BCUT2D eigenvalue weighted by Crippen LogP contribution is 2.22. The second-order valence-electron chi connectivity index (χ2n) is 4.83. The molecule has 0 unspecified atom stereocenters. The molecule has 7 heteroatoms. The Morgan fingerprint density at radius 1 is 1.45 bits per heavy atom. The van der Waals surface area contributed by atoms with Gasteiger partial charge in [-0.25, -0.2) is 0 Å². The van der Waals surface area contributed by atoms with Crippen molar-refractivity contribution in [3.63, 3.8) is 0 Å². The highest BCUT2D eigenvalue weighted by Gasteiger charge is 2.14. The molecule has 1 aromatic carbocycles. The zero-order valence-electron chi connectivity index (χ0n) is 11.5. The number of nitrogens with one attached hydrogen (secondary N) is 2. The van der Waals surface area contributed by atoms with Crippen molar-refractivity contribution in [2.45, 2.75) is 20.4 Å². The van der Waals surface area contributed by atoms with Gasteiger partial charge >= 0.3 is 0 Å². The maximum absolute atomic E-state index is 11.5. The van der Waals surface area contributed by atoms with Crippen LogP contribution in [0.4, 0.5) is 5.69 Å². The fourth-order valence-corrected chi connectivity index (χ4v) is 1.71. The zero-order chi connectivity index (χ0) is 15.1. The van der Waals surface area contributed by atoms with Crippen LogP contribution in [0, 0.1) is 16.0 Å². The molecule has 6 nitrogen and oxygen atoms in total. The second kappa shape index (κ2) is 7.81. The van der Waals surface area contributed by atoms with Gasteiger partial charge in [0.25, 0.3) is 5.69 Å². The molecular formula is C13H18ClN3O3. The standard InChI is InChI=1S/C13H18ClN3O3/c1-9(2)6-16-13(18)8-15-7-10-3-4-11(14)5-12(10)17(19)20/h3-5,9,15H,6-8H2,1-2H3,(H,16,18). The smallest absolute Gasteiger partial charge is 0.275 e. The van der Waals surface area contributed by atoms with Gasteiger partial charge in [0.1, 0.15) is 0 Å². The normalized spacial score (nSPS) is 10.6. The summed E-state index contributed by atoms with van der Waals surface area (Å²) in [4.78, 5) is 21.9. The SMILES string of the molecule is CC(C)CNC(=O)CNCc1ccc(Cl)cc1[N+](=O)[O-]. The number of carbonyl (C=O) groups excluding carboxylic acids is 1. The molecule has 0 radical (unpaired) electrons. The van der Waals surface area contributed by atoms with E-state index in [9.17, 15) is 14.9 Å². The molecule has 0 aliphatic rings. The Hall–Kier alpha value is -1.66. The van der Waals surface area contributed by atoms with Crippen LogP contribution in [0.2, 0.25) is 5.02 Å². The van der Waals surface area contributed by atoms with E-state index in [2.05, 4.69) is 10.6 Å². The maximum Gasteiger partial charge on any atom is 0.275 e. The number of benzene rings is 1. The van der Waals surface area contributed by atoms with Crippen molar-refractivity contribution in [2.24, 2.45) is 5.92 Å². The predicted molar refractivity (Wildman–Crippen MR) is 77.7 cm³/mol. The lowest BCUT2D eigenvalue weighted by molar-refractivity contribution is -0.385. The first-order valence-electron chi connectivity index (χ1n) is 6.30. The lowest BCUT2D eigenvalue weighted by Crippen LogP contribution is -2.35. The first kappa shape index (κ1) is 16.4. The van der Waals surface area contributed by atoms with E-state index in [0.29, 0.717) is 23.0 Å². The number of hydrogen-bond acceptors (Lipinski definition) is 4. The quantitative estimate of drug-likeness (QED) is 0.596. The van der Waals surface area contributed by atoms with Gasteiger partial charge in [-0.15, -0.1) is 0 Å². The van der Waals surface area contributed by atoms with Crippen LogP contribution in [0.25, 0.3) is 0 Å². The van der Waals surface area contributed by atoms with Crippen LogP contribution in [0.1, 0.15) is 19.4 Å². The third-order valence-corrected chi connectivity index (χ3v) is 2.79. The van der Waals surface area contributed by atoms with Crippen molar-refractivity contribution in [3.8, 4) is 0 Å². The van der Waals surface area contributed by atoms with Crippen molar-refractivity contribution in [2.75, 3.05) is 13.1 Å². The summed E-state index contributed by atoms with van der Waals surface area (Å²) in [5.74, 6) is 0.256. The summed E-state index contributed by atoms with van der Waals surface area (Å²) in [6, 6.07) is 4.47. The van der Waals surface area contributed by atoms with E-state index in [-0.39, 0.29) is 24.7 Å². The van der Waals surface area contributed by atoms with E-state index >= 15 is 0 Å². The Labute approximate surface area is 122 Å². The average Bonchev–Trinajstić information content (AvgIpc) is 2.37. The molecule has 0 saturated carbocycles. The summed E-state index contributed by atoms with van der Waals surface area (Å²) >= 11 is 5.73. The van der Waals surface area contributed by atoms with Gasteiger partial charge in [0, 0.05) is 29.7 Å². The molecule has 0 aromatic heterocycles. The van der Waals surface area contributed by atoms with Crippen molar-refractivity contribution >= 4 is 23.2 Å². The molecule has 1 rings (SSSR count). The summed E-state index contributed by atoms with van der Waals surface area (Å²) in [7, 11) is 0. The highest BCUT2D eigenvalue weighted by molar-refractivity contribution is 6.30. The van der Waals surface area contributed by atoms with Crippen LogP contribution in [0.15, 0.2) is 18.2 Å². The zero-order valence-corrected chi connectivity index (χ0v) is 12.2. The second-order valence-corrected chi connectivity index (χ2v) is 5.27. The maximum atomic E-state index is 11.5. The summed E-state index contributed by atoms with van der Waals surface area (Å²) in [6.45, 7) is 4.98. The third-order valence-electron chi connectivity index (χ3n) is 2.55. The van der Waals surface area contributed by atoms with Crippen LogP contribution >= 0.6 is 11.6 Å². The first-order valence-corrected chi connectivity index (χ1v) is 6.68. The lowest BCUT2D eigenvalue weighted by atomic mass is 10.2. The average molecular weight is 300 g/mol. The Bertz CT molecular complexity index is 492. The Balaban J connectivity index is 2.50. The number of halogens is 1. The Morgan fingerprint density at radius 3 is 2.75 bits per heavy atom. The highest BCUT2D eigenvalue weighted by atomic mass is 35.5. The number of hydrogen-bond donors (Lipinski definition) is 2. The molecule has 0 bridgehead atoms. The van der Waals surface area contributed by atoms with Crippen LogP contribution in [-0.4, -0.2) is 23.9 Å². The molecule has 0 fully saturated rings. The van der Waals surface area contributed by atoms with E-state index in [0.717, 1.165) is 0 Å². The molecule has 0 heterocycles. The monoisotopic (exact) mass is 299 g/mol. The largest absolute Gasteiger partial charge is 0.355 e. The minimum atomic E-state index is -0.484. The first-order chi connectivity index (χ1) is 9.40. The summed E-state index contributed by atoms with van der Waals surface area (Å²) < 4.78 is 0. The van der Waals surface area contributed by atoms with Gasteiger partial charge in [-0.2, -0.15) is 0 Å². The summed E-state index contributed by atoms with van der Waals surface area (Å²) in [5, 5.41) is 16.8. The number of amides is 1. The predicted octanol–water partition coefficient (Wildman–Crippen LogP) is 2.11. The summed E-state index contributed by atoms with van der Waals surface area (Å²) in [5.41, 5.74) is 0.448. The van der Waals surface area contributed by atoms with Gasteiger partial charge in [0.2, 0.25) is 5.91 Å². The molecule has 0 spiro atoms. The minimum Gasteiger partial charge on any atom is -0.355 e. The molecule has 0 aliphatic carbocycles. The van der Waals surface area contributed by atoms with Gasteiger partial charge in [-0.1, -0.05) is 25.4 Å². The van der Waals surface area contributed by atoms with E-state index in [1.165, 1.54) is 6.07 Å². The molecule has 0 atom stereocenters. The minimum absolute atomic E-state index is 0.0485. The Kier molecular flexibility index (Phi) is 6.41. The molecule has 0 aliphatic heterocycles. The molecular weight excluding hydrogens is 282 g/mol. The fourth-order valence-electron chi connectivity index (χ4n) is 1.55. The fraction of sp³-hybridized carbons (Fsp3) is 0.462. The van der Waals surface area contributed by atoms with Crippen molar-refractivity contribution in [1.29, 1.82) is 0 Å². The van der Waals surface area contributed by atoms with E-state index in [4.69, 9.17) is 11.6 Å². The van der Waals surface area contributed by atoms with Crippen LogP contribution in [-0.2, 0) is 11.3 Å². The van der Waals surface area contributed by atoms with Crippen molar-refractivity contribution in [1.82, 2.24) is 10.6 Å². The van der Waals surface area contributed by atoms with Crippen LogP contribution in [0.3, 0.4) is 0 Å². The van der Waals surface area contributed by atoms with E-state index < -0.39 is 4.92 Å². The Morgan fingerprint density at radius 2 is 2.15 bits per heavy atom. The lowest BCUT2D eigenvalue weighted by Gasteiger charge is -2.09. The molecule has 20 heavy (non-hydrogen) atoms. The van der Waals surface area contributed by atoms with Gasteiger partial charge in [0.15, 0.2) is 0 Å². The number of nitro benzene ring substituents is 1. The molecule has 2 N–H and O–H groups in total. The van der Waals surface area contributed by atoms with Gasteiger partial charge in [-0.05, 0) is 18.1 Å². The molecule has 110 valence electrons. The van der Waals surface area contributed by atoms with Crippen molar-refractivity contribution in [3.05, 3.63) is 38.9 Å². The van der Waals surface area contributed by atoms with Gasteiger partial charge in [0.05, 0.1) is 11.5 Å². The van der Waals surface area contributed by atoms with Gasteiger partial charge in [-0.3, -0.25) is 14.9 Å². The molecule has 1 amide bonds. The van der Waals surface area contributed by atoms with Crippen LogP contribution < -0.4 is 10.6 Å². The van der Waals surface area contributed by atoms with Gasteiger partial charge < -0.3 is 10.6 Å². The number of nitro groups is 1. The van der Waals surface area contributed by atoms with Crippen LogP contribution in [0.5, 0.6) is 0 Å². The number of rotatable bonds is 7. The third kappa shape index (κ3) is 5.54. The van der Waals surface area contributed by atoms with E-state index in [1.807, 2.05) is 13.8 Å². The number of carbonyl (C=O) groups is 1. The number of nitrogens with zero attached hydrogens (tertiary/aromatic N) is 1. The summed E-state index contributed by atoms with van der Waals surface area (Å²) in [6.07, 6.45) is 0. The van der Waals surface area contributed by atoms with Crippen molar-refractivity contribution < 1.29 is 9.72 Å². The molecule has 0 saturated heterocycles.